The van der Waals surface area contributed by atoms with Gasteiger partial charge in [0.1, 0.15) is 0 Å². The van der Waals surface area contributed by atoms with Crippen LogP contribution in [-0.4, -0.2) is 12.6 Å². The third kappa shape index (κ3) is 1.75. The van der Waals surface area contributed by atoms with Crippen molar-refractivity contribution in [1.82, 2.24) is 5.32 Å². The molecule has 0 bridgehead atoms. The monoisotopic (exact) mass is 175 g/mol. The standard InChI is InChI=1S/C12H17N/c1-9-5-3-4-6-12(9)11-7-10(2)13-8-11/h3-6,10-11,13H,7-8H2,1-2H3/t10-,11-/m1/s1. The zero-order chi connectivity index (χ0) is 9.26. The van der Waals surface area contributed by atoms with Gasteiger partial charge >= 0.3 is 0 Å². The summed E-state index contributed by atoms with van der Waals surface area (Å²) in [5.41, 5.74) is 2.96. The van der Waals surface area contributed by atoms with Crippen LogP contribution in [0.4, 0.5) is 0 Å². The van der Waals surface area contributed by atoms with Crippen LogP contribution in [0.15, 0.2) is 24.3 Å². The van der Waals surface area contributed by atoms with Gasteiger partial charge in [0.2, 0.25) is 0 Å². The molecule has 1 aliphatic heterocycles. The van der Waals surface area contributed by atoms with Gasteiger partial charge in [-0.3, -0.25) is 0 Å². The van der Waals surface area contributed by atoms with Gasteiger partial charge in [0.15, 0.2) is 0 Å². The van der Waals surface area contributed by atoms with E-state index in [1.54, 1.807) is 0 Å². The molecule has 0 saturated carbocycles. The summed E-state index contributed by atoms with van der Waals surface area (Å²) in [4.78, 5) is 0. The van der Waals surface area contributed by atoms with Crippen molar-refractivity contribution in [2.45, 2.75) is 32.2 Å². The van der Waals surface area contributed by atoms with Crippen LogP contribution in [-0.2, 0) is 0 Å². The van der Waals surface area contributed by atoms with Gasteiger partial charge in [0.25, 0.3) is 0 Å². The minimum absolute atomic E-state index is 0.685. The molecular weight excluding hydrogens is 158 g/mol. The Morgan fingerprint density at radius 2 is 2.08 bits per heavy atom. The van der Waals surface area contributed by atoms with Crippen LogP contribution in [0, 0.1) is 6.92 Å². The predicted molar refractivity (Wildman–Crippen MR) is 56.0 cm³/mol. The number of aryl methyl sites for hydroxylation is 1. The SMILES string of the molecule is Cc1ccccc1[C@H]1CN[C@H](C)C1. The molecule has 0 amide bonds. The van der Waals surface area contributed by atoms with Crippen molar-refractivity contribution in [3.63, 3.8) is 0 Å². The van der Waals surface area contributed by atoms with Crippen molar-refractivity contribution < 1.29 is 0 Å². The predicted octanol–water partition coefficient (Wildman–Crippen LogP) is 2.46. The number of hydrogen-bond acceptors (Lipinski definition) is 1. The summed E-state index contributed by atoms with van der Waals surface area (Å²) >= 11 is 0. The molecule has 1 aromatic rings. The van der Waals surface area contributed by atoms with Gasteiger partial charge in [-0.15, -0.1) is 0 Å². The fourth-order valence-electron chi connectivity index (χ4n) is 2.22. The lowest BCUT2D eigenvalue weighted by atomic mass is 9.93. The summed E-state index contributed by atoms with van der Waals surface area (Å²) in [6.45, 7) is 5.61. The summed E-state index contributed by atoms with van der Waals surface area (Å²) in [5, 5.41) is 3.50. The van der Waals surface area contributed by atoms with E-state index in [4.69, 9.17) is 0 Å². The van der Waals surface area contributed by atoms with E-state index < -0.39 is 0 Å². The highest BCUT2D eigenvalue weighted by Gasteiger charge is 2.22. The molecule has 1 fully saturated rings. The smallest absolute Gasteiger partial charge is 0.00452 e. The van der Waals surface area contributed by atoms with Gasteiger partial charge in [0, 0.05) is 12.6 Å². The normalized spacial score (nSPS) is 27.8. The summed E-state index contributed by atoms with van der Waals surface area (Å²) in [5.74, 6) is 0.733. The van der Waals surface area contributed by atoms with Crippen LogP contribution in [0.5, 0.6) is 0 Å². The molecule has 1 aliphatic rings. The number of hydrogen-bond donors (Lipinski definition) is 1. The van der Waals surface area contributed by atoms with Crippen LogP contribution in [0.2, 0.25) is 0 Å². The van der Waals surface area contributed by atoms with Crippen LogP contribution in [0.1, 0.15) is 30.4 Å². The van der Waals surface area contributed by atoms with Gasteiger partial charge in [-0.05, 0) is 37.3 Å². The Morgan fingerprint density at radius 3 is 2.69 bits per heavy atom. The van der Waals surface area contributed by atoms with Gasteiger partial charge in [-0.1, -0.05) is 24.3 Å². The second kappa shape index (κ2) is 3.51. The topological polar surface area (TPSA) is 12.0 Å². The Labute approximate surface area is 80.2 Å². The molecule has 1 saturated heterocycles. The van der Waals surface area contributed by atoms with Crippen molar-refractivity contribution in [3.8, 4) is 0 Å². The Balaban J connectivity index is 2.21. The molecule has 1 aromatic carbocycles. The molecule has 13 heavy (non-hydrogen) atoms. The van der Waals surface area contributed by atoms with Crippen molar-refractivity contribution >= 4 is 0 Å². The van der Waals surface area contributed by atoms with Gasteiger partial charge in [-0.2, -0.15) is 0 Å². The largest absolute Gasteiger partial charge is 0.314 e. The molecule has 0 aromatic heterocycles. The minimum Gasteiger partial charge on any atom is -0.314 e. The molecule has 0 radical (unpaired) electrons. The average molecular weight is 175 g/mol. The van der Waals surface area contributed by atoms with Gasteiger partial charge in [0.05, 0.1) is 0 Å². The van der Waals surface area contributed by atoms with E-state index in [-0.39, 0.29) is 0 Å². The van der Waals surface area contributed by atoms with E-state index >= 15 is 0 Å². The highest BCUT2D eigenvalue weighted by atomic mass is 14.9. The summed E-state index contributed by atoms with van der Waals surface area (Å²) in [7, 11) is 0. The Kier molecular flexibility index (Phi) is 2.36. The highest BCUT2D eigenvalue weighted by Crippen LogP contribution is 2.27. The fourth-order valence-corrected chi connectivity index (χ4v) is 2.22. The number of rotatable bonds is 1. The summed E-state index contributed by atoms with van der Waals surface area (Å²) in [6.07, 6.45) is 1.28. The molecule has 0 aliphatic carbocycles. The van der Waals surface area contributed by atoms with E-state index in [0.717, 1.165) is 12.5 Å². The first-order valence-electron chi connectivity index (χ1n) is 5.06. The number of benzene rings is 1. The lowest BCUT2D eigenvalue weighted by molar-refractivity contribution is 0.658. The van der Waals surface area contributed by atoms with E-state index in [2.05, 4.69) is 43.4 Å². The molecule has 2 atom stereocenters. The first-order valence-corrected chi connectivity index (χ1v) is 5.06. The van der Waals surface area contributed by atoms with E-state index in [0.29, 0.717) is 6.04 Å². The van der Waals surface area contributed by atoms with Crippen LogP contribution >= 0.6 is 0 Å². The second-order valence-electron chi connectivity index (χ2n) is 4.10. The average Bonchev–Trinajstić information content (AvgIpc) is 2.53. The quantitative estimate of drug-likeness (QED) is 0.691. The first-order chi connectivity index (χ1) is 6.27. The minimum atomic E-state index is 0.685. The summed E-state index contributed by atoms with van der Waals surface area (Å²) < 4.78 is 0. The van der Waals surface area contributed by atoms with E-state index in [1.165, 1.54) is 17.5 Å². The maximum atomic E-state index is 3.50. The molecule has 70 valence electrons. The zero-order valence-corrected chi connectivity index (χ0v) is 8.38. The van der Waals surface area contributed by atoms with Crippen LogP contribution in [0.3, 0.4) is 0 Å². The molecule has 0 spiro atoms. The van der Waals surface area contributed by atoms with Crippen LogP contribution in [0.25, 0.3) is 0 Å². The molecule has 2 rings (SSSR count). The zero-order valence-electron chi connectivity index (χ0n) is 8.38. The third-order valence-corrected chi connectivity index (χ3v) is 2.98. The van der Waals surface area contributed by atoms with Crippen molar-refractivity contribution in [1.29, 1.82) is 0 Å². The van der Waals surface area contributed by atoms with E-state index in [1.807, 2.05) is 0 Å². The molecule has 1 heterocycles. The Bertz CT molecular complexity index is 293. The molecular formula is C12H17N. The second-order valence-corrected chi connectivity index (χ2v) is 4.10. The Hall–Kier alpha value is -0.820. The molecule has 1 heteroatoms. The van der Waals surface area contributed by atoms with Gasteiger partial charge < -0.3 is 5.32 Å². The molecule has 1 N–H and O–H groups in total. The van der Waals surface area contributed by atoms with Crippen LogP contribution < -0.4 is 5.32 Å². The maximum absolute atomic E-state index is 3.50. The third-order valence-electron chi connectivity index (χ3n) is 2.98. The summed E-state index contributed by atoms with van der Waals surface area (Å²) in [6, 6.07) is 9.41. The lowest BCUT2D eigenvalue weighted by Gasteiger charge is -2.11. The fraction of sp³-hybridized carbons (Fsp3) is 0.500. The lowest BCUT2D eigenvalue weighted by Crippen LogP contribution is -2.16. The maximum Gasteiger partial charge on any atom is 0.00452 e. The van der Waals surface area contributed by atoms with Crippen molar-refractivity contribution in [2.75, 3.05) is 6.54 Å². The van der Waals surface area contributed by atoms with E-state index in [9.17, 15) is 0 Å². The van der Waals surface area contributed by atoms with Crippen molar-refractivity contribution in [3.05, 3.63) is 35.4 Å². The number of nitrogens with one attached hydrogen (secondary N) is 1. The highest BCUT2D eigenvalue weighted by molar-refractivity contribution is 5.30. The first kappa shape index (κ1) is 8.76. The Morgan fingerprint density at radius 1 is 1.31 bits per heavy atom. The molecule has 1 nitrogen and oxygen atoms in total. The molecule has 0 unspecified atom stereocenters. The van der Waals surface area contributed by atoms with Gasteiger partial charge in [-0.25, -0.2) is 0 Å². The van der Waals surface area contributed by atoms with Crippen molar-refractivity contribution in [2.24, 2.45) is 0 Å².